The van der Waals surface area contributed by atoms with Gasteiger partial charge in [0.1, 0.15) is 11.2 Å². The predicted octanol–water partition coefficient (Wildman–Crippen LogP) is 7.11. The molecule has 3 aromatic rings. The van der Waals surface area contributed by atoms with E-state index >= 15 is 0 Å². The Morgan fingerprint density at radius 2 is 1.52 bits per heavy atom. The van der Waals surface area contributed by atoms with Crippen LogP contribution in [0.3, 0.4) is 0 Å². The van der Waals surface area contributed by atoms with Gasteiger partial charge in [0, 0.05) is 22.9 Å². The summed E-state index contributed by atoms with van der Waals surface area (Å²) in [6.45, 7) is 12.2. The third-order valence-electron chi connectivity index (χ3n) is 5.01. The first kappa shape index (κ1) is 30.8. The van der Waals surface area contributed by atoms with Crippen LogP contribution in [0.15, 0.2) is 57.9 Å². The number of hydrogen-bond acceptors (Lipinski definition) is 8. The molecule has 0 bridgehead atoms. The van der Waals surface area contributed by atoms with Gasteiger partial charge in [-0.05, 0) is 90.4 Å². The van der Waals surface area contributed by atoms with Gasteiger partial charge in [-0.15, -0.1) is 15.7 Å². The molecule has 1 unspecified atom stereocenters. The van der Waals surface area contributed by atoms with Crippen LogP contribution in [-0.4, -0.2) is 44.7 Å². The van der Waals surface area contributed by atoms with Crippen LogP contribution in [0.1, 0.15) is 56.9 Å². The fourth-order valence-electron chi connectivity index (χ4n) is 3.35. The summed E-state index contributed by atoms with van der Waals surface area (Å²) in [6, 6.07) is 11.1. The first-order chi connectivity index (χ1) is 18.4. The number of ether oxygens (including phenoxy) is 2. The maximum atomic E-state index is 13.2. The summed E-state index contributed by atoms with van der Waals surface area (Å²) in [4.78, 5) is 43.2. The highest BCUT2D eigenvalue weighted by atomic mass is 32.2. The minimum atomic E-state index is -3.10. The van der Waals surface area contributed by atoms with Crippen molar-refractivity contribution < 1.29 is 28.1 Å². The Balaban J connectivity index is 1.88. The first-order valence-corrected chi connectivity index (χ1v) is 15.1. The number of anilines is 2. The van der Waals surface area contributed by atoms with Crippen LogP contribution < -0.4 is 10.6 Å². The summed E-state index contributed by atoms with van der Waals surface area (Å²) in [5.74, 6) is -0.469. The third-order valence-corrected chi connectivity index (χ3v) is 7.61. The second-order valence-electron chi connectivity index (χ2n) is 11.0. The number of hydrogen-bond donors (Lipinski definition) is 2. The number of amides is 3. The van der Waals surface area contributed by atoms with Gasteiger partial charge in [-0.2, -0.15) is 0 Å². The van der Waals surface area contributed by atoms with Gasteiger partial charge in [-0.3, -0.25) is 10.1 Å². The molecule has 0 aliphatic rings. The number of carbonyl (C=O) groups is 3. The van der Waals surface area contributed by atoms with Crippen LogP contribution in [0.4, 0.5) is 21.0 Å². The molecule has 0 aliphatic carbocycles. The van der Waals surface area contributed by atoms with Gasteiger partial charge in [0.25, 0.3) is 5.91 Å². The second kappa shape index (κ2) is 11.8. The van der Waals surface area contributed by atoms with Crippen molar-refractivity contribution >= 4 is 50.5 Å². The second-order valence-corrected chi connectivity index (χ2v) is 14.5. The van der Waals surface area contributed by atoms with E-state index < -0.39 is 39.0 Å². The van der Waals surface area contributed by atoms with Gasteiger partial charge in [-0.1, -0.05) is 6.07 Å². The fraction of sp³-hybridized carbons (Fsp3) is 0.357. The zero-order chi connectivity index (χ0) is 29.9. The molecule has 0 saturated heterocycles. The van der Waals surface area contributed by atoms with Crippen molar-refractivity contribution in [2.75, 3.05) is 16.9 Å². The average molecular weight is 587 g/mol. The summed E-state index contributed by atoms with van der Waals surface area (Å²) in [5.41, 5.74) is 0.285. The van der Waals surface area contributed by atoms with Crippen LogP contribution in [0.25, 0.3) is 10.4 Å². The molecule has 0 radical (unpaired) electrons. The van der Waals surface area contributed by atoms with Crippen LogP contribution in [0, 0.1) is 6.92 Å². The standard InChI is InChI=1S/C28H34N4O6S2/c1-17-29-16-23(39-17)19-11-14-21(31-25(34)37-27(2,3)4)22(15-19)30-24(33)18-9-12-20(13-10-18)40(8,36)32-26(35)38-28(5,6)7/h9-16H,1-8H3,(H,30,33)(H,31,34). The van der Waals surface area contributed by atoms with Gasteiger partial charge in [0.15, 0.2) is 0 Å². The molecule has 0 saturated carbocycles. The number of aryl methyl sites for hydroxylation is 1. The number of nitrogens with zero attached hydrogens (tertiary/aromatic N) is 2. The highest BCUT2D eigenvalue weighted by Gasteiger charge is 2.20. The molecule has 3 amide bonds. The molecule has 0 spiro atoms. The van der Waals surface area contributed by atoms with Crippen molar-refractivity contribution in [3.63, 3.8) is 0 Å². The molecular formula is C28H34N4O6S2. The lowest BCUT2D eigenvalue weighted by atomic mass is 10.1. The number of benzene rings is 2. The Labute approximate surface area is 238 Å². The first-order valence-electron chi connectivity index (χ1n) is 12.4. The van der Waals surface area contributed by atoms with Crippen LogP contribution in [-0.2, 0) is 19.2 Å². The summed E-state index contributed by atoms with van der Waals surface area (Å²) < 4.78 is 27.3. The van der Waals surface area contributed by atoms with Gasteiger partial charge in [0.2, 0.25) is 0 Å². The lowest BCUT2D eigenvalue weighted by Gasteiger charge is -2.21. The number of thiazole rings is 1. The zero-order valence-corrected chi connectivity index (χ0v) is 25.4. The van der Waals surface area contributed by atoms with Gasteiger partial charge in [-0.25, -0.2) is 18.8 Å². The van der Waals surface area contributed by atoms with E-state index in [0.717, 1.165) is 15.4 Å². The molecule has 0 fully saturated rings. The third kappa shape index (κ3) is 8.88. The van der Waals surface area contributed by atoms with Crippen LogP contribution in [0.5, 0.6) is 0 Å². The number of nitrogens with one attached hydrogen (secondary N) is 2. The van der Waals surface area contributed by atoms with Gasteiger partial charge >= 0.3 is 12.2 Å². The van der Waals surface area contributed by atoms with E-state index in [-0.39, 0.29) is 10.5 Å². The minimum absolute atomic E-state index is 0.262. The number of carbonyl (C=O) groups excluding carboxylic acids is 3. The van der Waals surface area contributed by atoms with E-state index in [1.54, 1.807) is 59.9 Å². The maximum absolute atomic E-state index is 13.2. The predicted molar refractivity (Wildman–Crippen MR) is 158 cm³/mol. The SMILES string of the molecule is Cc1ncc(-c2ccc(NC(=O)OC(C)(C)C)c(NC(=O)c3ccc(S(C)(=O)=NC(=O)OC(C)(C)C)cc3)c2)s1. The zero-order valence-electron chi connectivity index (χ0n) is 23.8. The minimum Gasteiger partial charge on any atom is -0.444 e. The van der Waals surface area contributed by atoms with Crippen molar-refractivity contribution in [2.45, 2.75) is 64.6 Å². The van der Waals surface area contributed by atoms with Crippen molar-refractivity contribution in [1.82, 2.24) is 4.98 Å². The molecule has 0 aliphatic heterocycles. The molecular weight excluding hydrogens is 552 g/mol. The Kier molecular flexibility index (Phi) is 9.05. The smallest absolute Gasteiger partial charge is 0.442 e. The Morgan fingerprint density at radius 1 is 0.900 bits per heavy atom. The summed E-state index contributed by atoms with van der Waals surface area (Å²) in [6.07, 6.45) is 1.47. The van der Waals surface area contributed by atoms with Crippen LogP contribution >= 0.6 is 11.3 Å². The summed E-state index contributed by atoms with van der Waals surface area (Å²) in [7, 11) is -3.10. The molecule has 1 heterocycles. The van der Waals surface area contributed by atoms with E-state index in [9.17, 15) is 18.6 Å². The average Bonchev–Trinajstić information content (AvgIpc) is 3.23. The quantitative estimate of drug-likeness (QED) is 0.325. The molecule has 1 aromatic heterocycles. The van der Waals surface area contributed by atoms with E-state index in [1.165, 1.54) is 41.9 Å². The molecule has 1 atom stereocenters. The summed E-state index contributed by atoms with van der Waals surface area (Å²) >= 11 is 1.50. The molecule has 2 aromatic carbocycles. The van der Waals surface area contributed by atoms with E-state index in [4.69, 9.17) is 9.47 Å². The van der Waals surface area contributed by atoms with Gasteiger partial charge < -0.3 is 14.8 Å². The molecule has 12 heteroatoms. The normalized spacial score (nSPS) is 13.1. The van der Waals surface area contributed by atoms with Crippen molar-refractivity contribution in [1.29, 1.82) is 0 Å². The molecule has 10 nitrogen and oxygen atoms in total. The lowest BCUT2D eigenvalue weighted by Crippen LogP contribution is -2.27. The molecule has 40 heavy (non-hydrogen) atoms. The van der Waals surface area contributed by atoms with Crippen molar-refractivity contribution in [3.8, 4) is 10.4 Å². The Morgan fingerprint density at radius 3 is 2.08 bits per heavy atom. The van der Waals surface area contributed by atoms with E-state index in [0.29, 0.717) is 11.4 Å². The highest BCUT2D eigenvalue weighted by Crippen LogP contribution is 2.33. The monoisotopic (exact) mass is 586 g/mol. The largest absolute Gasteiger partial charge is 0.444 e. The molecule has 214 valence electrons. The fourth-order valence-corrected chi connectivity index (χ4v) is 5.19. The lowest BCUT2D eigenvalue weighted by molar-refractivity contribution is 0.0603. The van der Waals surface area contributed by atoms with Crippen molar-refractivity contribution in [3.05, 3.63) is 59.2 Å². The Hall–Kier alpha value is -3.77. The Bertz CT molecular complexity index is 1540. The number of rotatable bonds is 5. The highest BCUT2D eigenvalue weighted by molar-refractivity contribution is 7.93. The van der Waals surface area contributed by atoms with Crippen LogP contribution in [0.2, 0.25) is 0 Å². The van der Waals surface area contributed by atoms with E-state index in [1.807, 2.05) is 13.0 Å². The molecule has 3 rings (SSSR count). The summed E-state index contributed by atoms with van der Waals surface area (Å²) in [5, 5.41) is 6.41. The van der Waals surface area contributed by atoms with Crippen molar-refractivity contribution in [2.24, 2.45) is 4.36 Å². The maximum Gasteiger partial charge on any atom is 0.442 e. The van der Waals surface area contributed by atoms with Gasteiger partial charge in [0.05, 0.1) is 31.0 Å². The number of aromatic nitrogens is 1. The molecule has 2 N–H and O–H groups in total. The topological polar surface area (TPSA) is 136 Å². The van der Waals surface area contributed by atoms with E-state index in [2.05, 4.69) is 20.0 Å².